The van der Waals surface area contributed by atoms with Crippen LogP contribution in [0.25, 0.3) is 0 Å². The van der Waals surface area contributed by atoms with Gasteiger partial charge in [-0.3, -0.25) is 4.90 Å². The van der Waals surface area contributed by atoms with E-state index < -0.39 is 0 Å². The molecule has 1 aromatic carbocycles. The second kappa shape index (κ2) is 6.92. The SMILES string of the molecule is O=C(N[C@@H]1CCOc2ccc(Br)cc21)N[C@@H]1CCN2CCCC[C@H]12. The van der Waals surface area contributed by atoms with Crippen molar-refractivity contribution in [3.63, 3.8) is 0 Å². The van der Waals surface area contributed by atoms with E-state index in [0.717, 1.165) is 35.2 Å². The summed E-state index contributed by atoms with van der Waals surface area (Å²) < 4.78 is 6.70. The largest absolute Gasteiger partial charge is 0.493 e. The Morgan fingerprint density at radius 3 is 3.00 bits per heavy atom. The molecule has 3 atom stereocenters. The maximum Gasteiger partial charge on any atom is 0.315 e. The number of carbonyl (C=O) groups excluding carboxylic acids is 1. The number of halogens is 1. The quantitative estimate of drug-likeness (QED) is 0.810. The number of amides is 2. The Bertz CT molecular complexity index is 624. The summed E-state index contributed by atoms with van der Waals surface area (Å²) >= 11 is 3.50. The molecule has 4 rings (SSSR count). The van der Waals surface area contributed by atoms with Gasteiger partial charge >= 0.3 is 6.03 Å². The number of nitrogens with one attached hydrogen (secondary N) is 2. The zero-order chi connectivity index (χ0) is 16.5. The van der Waals surface area contributed by atoms with Crippen LogP contribution in [0.3, 0.4) is 0 Å². The molecule has 0 saturated carbocycles. The Hall–Kier alpha value is -1.27. The number of ether oxygens (including phenoxy) is 1. The Morgan fingerprint density at radius 1 is 1.17 bits per heavy atom. The van der Waals surface area contributed by atoms with Crippen molar-refractivity contribution in [2.75, 3.05) is 19.7 Å². The summed E-state index contributed by atoms with van der Waals surface area (Å²) in [4.78, 5) is 15.1. The van der Waals surface area contributed by atoms with Gasteiger partial charge in [-0.1, -0.05) is 22.4 Å². The molecule has 0 bridgehead atoms. The van der Waals surface area contributed by atoms with Gasteiger partial charge in [-0.2, -0.15) is 0 Å². The molecule has 2 amide bonds. The number of carbonyl (C=O) groups is 1. The average Bonchev–Trinajstić information content (AvgIpc) is 2.98. The number of piperidine rings is 1. The monoisotopic (exact) mass is 393 g/mol. The van der Waals surface area contributed by atoms with E-state index in [1.54, 1.807) is 0 Å². The molecular weight excluding hydrogens is 370 g/mol. The van der Waals surface area contributed by atoms with Crippen molar-refractivity contribution in [1.29, 1.82) is 0 Å². The lowest BCUT2D eigenvalue weighted by Gasteiger charge is -2.33. The van der Waals surface area contributed by atoms with E-state index >= 15 is 0 Å². The molecule has 130 valence electrons. The third-order valence-corrected chi connectivity index (χ3v) is 5.98. The van der Waals surface area contributed by atoms with Gasteiger partial charge in [0.1, 0.15) is 5.75 Å². The lowest BCUT2D eigenvalue weighted by atomic mass is 9.99. The molecule has 2 fully saturated rings. The van der Waals surface area contributed by atoms with Gasteiger partial charge in [0.05, 0.1) is 12.6 Å². The molecule has 2 N–H and O–H groups in total. The van der Waals surface area contributed by atoms with Crippen LogP contribution in [0.2, 0.25) is 0 Å². The van der Waals surface area contributed by atoms with E-state index in [9.17, 15) is 4.79 Å². The van der Waals surface area contributed by atoms with E-state index in [0.29, 0.717) is 12.6 Å². The summed E-state index contributed by atoms with van der Waals surface area (Å²) in [5.74, 6) is 0.870. The van der Waals surface area contributed by atoms with Crippen LogP contribution >= 0.6 is 15.9 Å². The first-order valence-electron chi connectivity index (χ1n) is 8.94. The van der Waals surface area contributed by atoms with Gasteiger partial charge < -0.3 is 15.4 Å². The van der Waals surface area contributed by atoms with E-state index in [1.807, 2.05) is 18.2 Å². The van der Waals surface area contributed by atoms with Crippen molar-refractivity contribution < 1.29 is 9.53 Å². The number of hydrogen-bond acceptors (Lipinski definition) is 3. The number of fused-ring (bicyclic) bond motifs is 2. The van der Waals surface area contributed by atoms with Crippen LogP contribution in [0.5, 0.6) is 5.75 Å². The molecule has 0 aliphatic carbocycles. The van der Waals surface area contributed by atoms with Crippen LogP contribution in [-0.4, -0.2) is 42.7 Å². The molecular formula is C18H24BrN3O2. The summed E-state index contributed by atoms with van der Waals surface area (Å²) in [6, 6.07) is 6.74. The van der Waals surface area contributed by atoms with E-state index in [4.69, 9.17) is 4.74 Å². The maximum absolute atomic E-state index is 12.5. The van der Waals surface area contributed by atoms with Gasteiger partial charge in [-0.25, -0.2) is 4.79 Å². The standard InChI is InChI=1S/C18H24BrN3O2/c19-12-4-5-17-13(11-12)14(7-10-24-17)20-18(23)21-15-6-9-22-8-2-1-3-16(15)22/h4-5,11,14-16H,1-3,6-10H2,(H2,20,21,23)/t14-,15-,16-/m1/s1. The third kappa shape index (κ3) is 3.26. The third-order valence-electron chi connectivity index (χ3n) is 5.49. The zero-order valence-electron chi connectivity index (χ0n) is 13.8. The first kappa shape index (κ1) is 16.2. The molecule has 3 aliphatic heterocycles. The maximum atomic E-state index is 12.5. The van der Waals surface area contributed by atoms with Gasteiger partial charge in [-0.05, 0) is 44.0 Å². The molecule has 3 aliphatic rings. The lowest BCUT2D eigenvalue weighted by Crippen LogP contribution is -2.50. The fourth-order valence-corrected chi connectivity index (χ4v) is 4.68. The minimum absolute atomic E-state index is 0.00936. The number of benzene rings is 1. The first-order chi connectivity index (χ1) is 11.7. The highest BCUT2D eigenvalue weighted by atomic mass is 79.9. The summed E-state index contributed by atoms with van der Waals surface area (Å²) in [6.07, 6.45) is 5.65. The minimum atomic E-state index is -0.0507. The van der Waals surface area contributed by atoms with Crippen LogP contribution in [0.1, 0.15) is 43.7 Å². The molecule has 1 aromatic rings. The van der Waals surface area contributed by atoms with E-state index in [1.165, 1.54) is 25.8 Å². The molecule has 5 nitrogen and oxygen atoms in total. The Kier molecular flexibility index (Phi) is 4.68. The van der Waals surface area contributed by atoms with Crippen LogP contribution < -0.4 is 15.4 Å². The highest BCUT2D eigenvalue weighted by Gasteiger charge is 2.36. The number of nitrogens with zero attached hydrogens (tertiary/aromatic N) is 1. The summed E-state index contributed by atoms with van der Waals surface area (Å²) in [7, 11) is 0. The Labute approximate surface area is 151 Å². The van der Waals surface area contributed by atoms with Crippen LogP contribution in [0.15, 0.2) is 22.7 Å². The van der Waals surface area contributed by atoms with Crippen molar-refractivity contribution in [2.24, 2.45) is 0 Å². The predicted molar refractivity (Wildman–Crippen MR) is 96.3 cm³/mol. The molecule has 2 saturated heterocycles. The molecule has 24 heavy (non-hydrogen) atoms. The van der Waals surface area contributed by atoms with Crippen molar-refractivity contribution in [3.8, 4) is 5.75 Å². The van der Waals surface area contributed by atoms with E-state index in [-0.39, 0.29) is 18.1 Å². The predicted octanol–water partition coefficient (Wildman–Crippen LogP) is 3.20. The second-order valence-electron chi connectivity index (χ2n) is 6.98. The summed E-state index contributed by atoms with van der Waals surface area (Å²) in [5, 5.41) is 6.38. The van der Waals surface area contributed by atoms with Gasteiger partial charge in [0, 0.05) is 35.1 Å². The molecule has 3 heterocycles. The highest BCUT2D eigenvalue weighted by molar-refractivity contribution is 9.10. The summed E-state index contributed by atoms with van der Waals surface area (Å²) in [6.45, 7) is 2.94. The zero-order valence-corrected chi connectivity index (χ0v) is 15.3. The van der Waals surface area contributed by atoms with Crippen LogP contribution in [-0.2, 0) is 0 Å². The smallest absolute Gasteiger partial charge is 0.315 e. The van der Waals surface area contributed by atoms with Gasteiger partial charge in [0.2, 0.25) is 0 Å². The van der Waals surface area contributed by atoms with Crippen LogP contribution in [0.4, 0.5) is 4.79 Å². The molecule has 0 radical (unpaired) electrons. The van der Waals surface area contributed by atoms with E-state index in [2.05, 4.69) is 31.5 Å². The molecule has 0 aromatic heterocycles. The van der Waals surface area contributed by atoms with Gasteiger partial charge in [0.15, 0.2) is 0 Å². The van der Waals surface area contributed by atoms with Gasteiger partial charge in [0.25, 0.3) is 0 Å². The second-order valence-corrected chi connectivity index (χ2v) is 7.90. The Balaban J connectivity index is 1.39. The molecule has 0 spiro atoms. The average molecular weight is 394 g/mol. The van der Waals surface area contributed by atoms with Crippen molar-refractivity contribution in [1.82, 2.24) is 15.5 Å². The minimum Gasteiger partial charge on any atom is -0.493 e. The number of hydrogen-bond donors (Lipinski definition) is 2. The van der Waals surface area contributed by atoms with Crippen molar-refractivity contribution >= 4 is 22.0 Å². The van der Waals surface area contributed by atoms with Crippen molar-refractivity contribution in [3.05, 3.63) is 28.2 Å². The van der Waals surface area contributed by atoms with Crippen LogP contribution in [0, 0.1) is 0 Å². The lowest BCUT2D eigenvalue weighted by molar-refractivity contribution is 0.177. The molecule has 0 unspecified atom stereocenters. The number of rotatable bonds is 2. The Morgan fingerprint density at radius 2 is 2.08 bits per heavy atom. The van der Waals surface area contributed by atoms with Crippen molar-refractivity contribution in [2.45, 2.75) is 50.2 Å². The topological polar surface area (TPSA) is 53.6 Å². The normalized spacial score (nSPS) is 29.3. The number of urea groups is 1. The highest BCUT2D eigenvalue weighted by Crippen LogP contribution is 2.34. The fourth-order valence-electron chi connectivity index (χ4n) is 4.30. The molecule has 6 heteroatoms. The first-order valence-corrected chi connectivity index (χ1v) is 9.73. The summed E-state index contributed by atoms with van der Waals surface area (Å²) in [5.41, 5.74) is 1.05. The fraction of sp³-hybridized carbons (Fsp3) is 0.611. The van der Waals surface area contributed by atoms with Gasteiger partial charge in [-0.15, -0.1) is 0 Å².